The Balaban J connectivity index is 1.54. The third-order valence-corrected chi connectivity index (χ3v) is 5.17. The van der Waals surface area contributed by atoms with Gasteiger partial charge in [0.25, 0.3) is 0 Å². The van der Waals surface area contributed by atoms with Gasteiger partial charge in [-0.15, -0.1) is 0 Å². The predicted octanol–water partition coefficient (Wildman–Crippen LogP) is 3.42. The van der Waals surface area contributed by atoms with Crippen molar-refractivity contribution in [3.8, 4) is 0 Å². The van der Waals surface area contributed by atoms with Crippen molar-refractivity contribution in [3.05, 3.63) is 60.2 Å². The van der Waals surface area contributed by atoms with Gasteiger partial charge in [-0.3, -0.25) is 4.79 Å². The molecule has 0 N–H and O–H groups in total. The first-order valence-corrected chi connectivity index (χ1v) is 9.63. The van der Waals surface area contributed by atoms with E-state index in [2.05, 4.69) is 47.9 Å². The molecule has 1 fully saturated rings. The number of rotatable bonds is 6. The lowest BCUT2D eigenvalue weighted by Crippen LogP contribution is -2.49. The molecule has 1 aliphatic rings. The first-order chi connectivity index (χ1) is 12.7. The second kappa shape index (κ2) is 8.75. The highest BCUT2D eigenvalue weighted by atomic mass is 16.2. The average molecular weight is 351 g/mol. The fourth-order valence-corrected chi connectivity index (χ4v) is 3.56. The maximum Gasteiger partial charge on any atom is 0.227 e. The monoisotopic (exact) mass is 351 g/mol. The van der Waals surface area contributed by atoms with Crippen molar-refractivity contribution in [2.45, 2.75) is 20.3 Å². The van der Waals surface area contributed by atoms with E-state index in [1.807, 2.05) is 35.2 Å². The normalized spacial score (nSPS) is 14.4. The van der Waals surface area contributed by atoms with Crippen LogP contribution in [0, 0.1) is 0 Å². The molecule has 0 atom stereocenters. The molecule has 0 radical (unpaired) electrons. The van der Waals surface area contributed by atoms with Crippen molar-refractivity contribution >= 4 is 17.3 Å². The van der Waals surface area contributed by atoms with E-state index in [0.29, 0.717) is 6.42 Å². The topological polar surface area (TPSA) is 26.8 Å². The van der Waals surface area contributed by atoms with Crippen molar-refractivity contribution in [1.82, 2.24) is 4.90 Å². The van der Waals surface area contributed by atoms with Crippen molar-refractivity contribution in [2.24, 2.45) is 0 Å². The molecule has 0 bridgehead atoms. The van der Waals surface area contributed by atoms with Gasteiger partial charge < -0.3 is 14.7 Å². The van der Waals surface area contributed by atoms with E-state index in [0.717, 1.165) is 44.8 Å². The van der Waals surface area contributed by atoms with Gasteiger partial charge in [-0.05, 0) is 43.7 Å². The van der Waals surface area contributed by atoms with E-state index in [4.69, 9.17) is 0 Å². The van der Waals surface area contributed by atoms with Crippen LogP contribution >= 0.6 is 0 Å². The first kappa shape index (κ1) is 18.3. The first-order valence-electron chi connectivity index (χ1n) is 9.63. The van der Waals surface area contributed by atoms with Gasteiger partial charge in [0.1, 0.15) is 0 Å². The van der Waals surface area contributed by atoms with Crippen LogP contribution in [-0.4, -0.2) is 50.1 Å². The van der Waals surface area contributed by atoms with Crippen molar-refractivity contribution in [3.63, 3.8) is 0 Å². The molecule has 4 heteroatoms. The zero-order chi connectivity index (χ0) is 18.4. The quantitative estimate of drug-likeness (QED) is 0.798. The lowest BCUT2D eigenvalue weighted by Gasteiger charge is -2.36. The lowest BCUT2D eigenvalue weighted by molar-refractivity contribution is -0.130. The van der Waals surface area contributed by atoms with Crippen molar-refractivity contribution < 1.29 is 4.79 Å². The zero-order valence-electron chi connectivity index (χ0n) is 15.9. The molecule has 2 aromatic rings. The van der Waals surface area contributed by atoms with Crippen LogP contribution in [0.25, 0.3) is 0 Å². The molecule has 0 unspecified atom stereocenters. The van der Waals surface area contributed by atoms with E-state index in [9.17, 15) is 4.79 Å². The van der Waals surface area contributed by atoms with Gasteiger partial charge in [-0.1, -0.05) is 30.3 Å². The van der Waals surface area contributed by atoms with Gasteiger partial charge in [0.15, 0.2) is 0 Å². The second-order valence-electron chi connectivity index (χ2n) is 6.72. The molecule has 0 aromatic heterocycles. The largest absolute Gasteiger partial charge is 0.372 e. The van der Waals surface area contributed by atoms with E-state index in [1.165, 1.54) is 11.4 Å². The minimum atomic E-state index is 0.229. The molecule has 3 rings (SSSR count). The van der Waals surface area contributed by atoms with Crippen LogP contribution < -0.4 is 9.80 Å². The number of anilines is 2. The Morgan fingerprint density at radius 1 is 0.885 bits per heavy atom. The number of carbonyl (C=O) groups is 1. The summed E-state index contributed by atoms with van der Waals surface area (Å²) < 4.78 is 0. The molecule has 138 valence electrons. The number of hydrogen-bond donors (Lipinski definition) is 0. The zero-order valence-corrected chi connectivity index (χ0v) is 15.9. The molecule has 0 aliphatic carbocycles. The van der Waals surface area contributed by atoms with E-state index in [1.54, 1.807) is 0 Å². The summed E-state index contributed by atoms with van der Waals surface area (Å²) in [5.74, 6) is 0.229. The average Bonchev–Trinajstić information content (AvgIpc) is 2.70. The summed E-state index contributed by atoms with van der Waals surface area (Å²) in [5, 5.41) is 0. The molecule has 1 saturated heterocycles. The fraction of sp³-hybridized carbons (Fsp3) is 0.409. The minimum absolute atomic E-state index is 0.229. The van der Waals surface area contributed by atoms with Crippen LogP contribution in [0.5, 0.6) is 0 Å². The Morgan fingerprint density at radius 2 is 1.50 bits per heavy atom. The van der Waals surface area contributed by atoms with Gasteiger partial charge in [0, 0.05) is 50.6 Å². The molecular formula is C22H29N3O. The summed E-state index contributed by atoms with van der Waals surface area (Å²) in [6.45, 7) is 9.80. The summed E-state index contributed by atoms with van der Waals surface area (Å²) in [6, 6.07) is 18.8. The van der Waals surface area contributed by atoms with Crippen LogP contribution in [0.2, 0.25) is 0 Å². The summed E-state index contributed by atoms with van der Waals surface area (Å²) in [6.07, 6.45) is 0.499. The standard InChI is InChI=1S/C22H29N3O/c1-3-23(4-2)20-10-12-21(13-11-20)24-14-16-25(17-15-24)22(26)18-19-8-6-5-7-9-19/h5-13H,3-4,14-18H2,1-2H3. The maximum atomic E-state index is 12.5. The number of nitrogens with zero attached hydrogens (tertiary/aromatic N) is 3. The Hall–Kier alpha value is -2.49. The molecule has 0 saturated carbocycles. The number of amides is 1. The minimum Gasteiger partial charge on any atom is -0.372 e. The Kier molecular flexibility index (Phi) is 6.16. The number of hydrogen-bond acceptors (Lipinski definition) is 3. The molecule has 0 spiro atoms. The SMILES string of the molecule is CCN(CC)c1ccc(N2CCN(C(=O)Cc3ccccc3)CC2)cc1. The molecule has 1 heterocycles. The van der Waals surface area contributed by atoms with Gasteiger partial charge in [0.2, 0.25) is 5.91 Å². The summed E-state index contributed by atoms with van der Waals surface area (Å²) in [5.41, 5.74) is 3.61. The van der Waals surface area contributed by atoms with E-state index >= 15 is 0 Å². The molecular weight excluding hydrogens is 322 g/mol. The summed E-state index contributed by atoms with van der Waals surface area (Å²) >= 11 is 0. The predicted molar refractivity (Wildman–Crippen MR) is 109 cm³/mol. The van der Waals surface area contributed by atoms with Gasteiger partial charge in [0.05, 0.1) is 6.42 Å². The smallest absolute Gasteiger partial charge is 0.227 e. The van der Waals surface area contributed by atoms with Gasteiger partial charge >= 0.3 is 0 Å². The summed E-state index contributed by atoms with van der Waals surface area (Å²) in [4.78, 5) is 19.2. The lowest BCUT2D eigenvalue weighted by atomic mass is 10.1. The number of benzene rings is 2. The Labute approximate surface area is 157 Å². The highest BCUT2D eigenvalue weighted by Crippen LogP contribution is 2.22. The second-order valence-corrected chi connectivity index (χ2v) is 6.72. The van der Waals surface area contributed by atoms with Gasteiger partial charge in [-0.2, -0.15) is 0 Å². The van der Waals surface area contributed by atoms with Crippen LogP contribution in [0.15, 0.2) is 54.6 Å². The third-order valence-electron chi connectivity index (χ3n) is 5.17. The molecule has 1 aliphatic heterocycles. The fourth-order valence-electron chi connectivity index (χ4n) is 3.56. The highest BCUT2D eigenvalue weighted by molar-refractivity contribution is 5.79. The van der Waals surface area contributed by atoms with E-state index < -0.39 is 0 Å². The molecule has 1 amide bonds. The van der Waals surface area contributed by atoms with Crippen LogP contribution in [-0.2, 0) is 11.2 Å². The molecule has 26 heavy (non-hydrogen) atoms. The van der Waals surface area contributed by atoms with Crippen LogP contribution in [0.1, 0.15) is 19.4 Å². The molecule has 4 nitrogen and oxygen atoms in total. The summed E-state index contributed by atoms with van der Waals surface area (Å²) in [7, 11) is 0. The maximum absolute atomic E-state index is 12.5. The van der Waals surface area contributed by atoms with Crippen LogP contribution in [0.4, 0.5) is 11.4 Å². The Bertz CT molecular complexity index is 687. The van der Waals surface area contributed by atoms with Gasteiger partial charge in [-0.25, -0.2) is 0 Å². The van der Waals surface area contributed by atoms with Crippen molar-refractivity contribution in [1.29, 1.82) is 0 Å². The molecule has 2 aromatic carbocycles. The van der Waals surface area contributed by atoms with Crippen LogP contribution in [0.3, 0.4) is 0 Å². The Morgan fingerprint density at radius 3 is 2.08 bits per heavy atom. The van der Waals surface area contributed by atoms with E-state index in [-0.39, 0.29) is 5.91 Å². The highest BCUT2D eigenvalue weighted by Gasteiger charge is 2.21. The third kappa shape index (κ3) is 4.37. The number of carbonyl (C=O) groups excluding carboxylic acids is 1. The number of piperazine rings is 1. The van der Waals surface area contributed by atoms with Crippen molar-refractivity contribution in [2.75, 3.05) is 49.1 Å².